The normalized spacial score (nSPS) is 25.8. The maximum Gasteiger partial charge on any atom is 0.260 e. The summed E-state index contributed by atoms with van der Waals surface area (Å²) in [5.41, 5.74) is -0.276. The number of benzene rings is 1. The van der Waals surface area contributed by atoms with Crippen molar-refractivity contribution >= 4 is 17.5 Å². The molecule has 0 unspecified atom stereocenters. The van der Waals surface area contributed by atoms with Crippen molar-refractivity contribution in [3.8, 4) is 5.75 Å². The summed E-state index contributed by atoms with van der Waals surface area (Å²) in [5.74, 6) is 0.399. The molecule has 0 bridgehead atoms. The first-order valence-electron chi connectivity index (χ1n) is 6.87. The van der Waals surface area contributed by atoms with Gasteiger partial charge in [-0.15, -0.1) is 0 Å². The molecule has 2 N–H and O–H groups in total. The molecule has 1 aliphatic rings. The highest BCUT2D eigenvalue weighted by molar-refractivity contribution is 6.30. The molecule has 5 nitrogen and oxygen atoms in total. The van der Waals surface area contributed by atoms with Crippen LogP contribution in [0.15, 0.2) is 18.2 Å². The van der Waals surface area contributed by atoms with E-state index < -0.39 is 11.7 Å². The van der Waals surface area contributed by atoms with Gasteiger partial charge in [-0.05, 0) is 44.0 Å². The van der Waals surface area contributed by atoms with Crippen LogP contribution < -0.4 is 4.74 Å². The van der Waals surface area contributed by atoms with E-state index in [4.69, 9.17) is 16.3 Å². The molecular weight excluding hydrogens is 294 g/mol. The minimum atomic E-state index is -1.13. The molecule has 2 rings (SSSR count). The zero-order chi connectivity index (χ0) is 15.6. The number of aliphatic hydroxyl groups excluding tert-OH is 1. The lowest BCUT2D eigenvalue weighted by atomic mass is 9.91. The lowest BCUT2D eigenvalue weighted by Gasteiger charge is -2.39. The first-order chi connectivity index (χ1) is 9.79. The third kappa shape index (κ3) is 3.87. The van der Waals surface area contributed by atoms with Gasteiger partial charge in [-0.2, -0.15) is 0 Å². The third-order valence-electron chi connectivity index (χ3n) is 3.84. The van der Waals surface area contributed by atoms with Crippen LogP contribution in [0.3, 0.4) is 0 Å². The van der Waals surface area contributed by atoms with Crippen molar-refractivity contribution in [3.63, 3.8) is 0 Å². The van der Waals surface area contributed by atoms with E-state index in [9.17, 15) is 15.0 Å². The minimum absolute atomic E-state index is 0.0999. The summed E-state index contributed by atoms with van der Waals surface area (Å²) in [6.07, 6.45) is -0.590. The van der Waals surface area contributed by atoms with Crippen molar-refractivity contribution < 1.29 is 19.7 Å². The third-order valence-corrected chi connectivity index (χ3v) is 4.07. The Morgan fingerprint density at radius 2 is 2.29 bits per heavy atom. The molecule has 1 aromatic rings. The SMILES string of the molecule is Cc1cc(Cl)ccc1OCC(=O)N1CC[C@](C)(O)[C@H](O)C1. The summed E-state index contributed by atoms with van der Waals surface area (Å²) >= 11 is 5.86. The van der Waals surface area contributed by atoms with E-state index in [-0.39, 0.29) is 19.1 Å². The maximum absolute atomic E-state index is 12.1. The molecule has 0 aromatic heterocycles. The fraction of sp³-hybridized carbons (Fsp3) is 0.533. The first kappa shape index (κ1) is 16.1. The number of β-amino-alcohol motifs (C(OH)–C–C–N with tert-alkyl or cyclic N) is 1. The van der Waals surface area contributed by atoms with Crippen molar-refractivity contribution in [2.75, 3.05) is 19.7 Å². The van der Waals surface area contributed by atoms with Gasteiger partial charge in [-0.25, -0.2) is 0 Å². The Labute approximate surface area is 129 Å². The topological polar surface area (TPSA) is 70.0 Å². The number of likely N-dealkylation sites (tertiary alicyclic amines) is 1. The van der Waals surface area contributed by atoms with E-state index in [1.165, 1.54) is 4.90 Å². The number of aliphatic hydroxyl groups is 2. The fourth-order valence-electron chi connectivity index (χ4n) is 2.26. The van der Waals surface area contributed by atoms with Crippen LogP contribution in [0.2, 0.25) is 5.02 Å². The Kier molecular flexibility index (Phi) is 4.76. The van der Waals surface area contributed by atoms with Gasteiger partial charge in [0.1, 0.15) is 5.75 Å². The van der Waals surface area contributed by atoms with Crippen LogP contribution in [0.5, 0.6) is 5.75 Å². The van der Waals surface area contributed by atoms with E-state index in [1.807, 2.05) is 6.92 Å². The number of hydrogen-bond donors (Lipinski definition) is 2. The summed E-state index contributed by atoms with van der Waals surface area (Å²) in [6, 6.07) is 5.19. The van der Waals surface area contributed by atoms with Crippen molar-refractivity contribution in [1.82, 2.24) is 4.90 Å². The number of ether oxygens (including phenoxy) is 1. The second kappa shape index (κ2) is 6.22. The Morgan fingerprint density at radius 3 is 2.90 bits per heavy atom. The second-order valence-electron chi connectivity index (χ2n) is 5.66. The predicted octanol–water partition coefficient (Wildman–Crippen LogP) is 1.37. The van der Waals surface area contributed by atoms with Crippen LogP contribution >= 0.6 is 11.6 Å². The number of hydrogen-bond acceptors (Lipinski definition) is 4. The number of carbonyl (C=O) groups is 1. The van der Waals surface area contributed by atoms with Gasteiger partial charge in [0, 0.05) is 18.1 Å². The standard InChI is InChI=1S/C15H20ClNO4/c1-10-7-11(16)3-4-12(10)21-9-14(19)17-6-5-15(2,20)13(18)8-17/h3-4,7,13,18,20H,5-6,8-9H2,1-2H3/t13-,15+/m1/s1. The first-order valence-corrected chi connectivity index (χ1v) is 7.24. The van der Waals surface area contributed by atoms with E-state index in [1.54, 1.807) is 25.1 Å². The summed E-state index contributed by atoms with van der Waals surface area (Å²) in [6.45, 7) is 3.86. The van der Waals surface area contributed by atoms with Crippen molar-refractivity contribution in [2.24, 2.45) is 0 Å². The van der Waals surface area contributed by atoms with Crippen LogP contribution in [-0.2, 0) is 4.79 Å². The van der Waals surface area contributed by atoms with Crippen LogP contribution in [0.4, 0.5) is 0 Å². The quantitative estimate of drug-likeness (QED) is 0.884. The number of amides is 1. The van der Waals surface area contributed by atoms with Crippen LogP contribution in [0.25, 0.3) is 0 Å². The smallest absolute Gasteiger partial charge is 0.260 e. The van der Waals surface area contributed by atoms with Gasteiger partial charge >= 0.3 is 0 Å². The average molecular weight is 314 g/mol. The molecule has 0 aliphatic carbocycles. The Morgan fingerprint density at radius 1 is 1.57 bits per heavy atom. The molecule has 0 radical (unpaired) electrons. The van der Waals surface area contributed by atoms with E-state index >= 15 is 0 Å². The Bertz CT molecular complexity index is 532. The van der Waals surface area contributed by atoms with Gasteiger partial charge in [0.15, 0.2) is 6.61 Å². The predicted molar refractivity (Wildman–Crippen MR) is 79.5 cm³/mol. The molecule has 1 aromatic carbocycles. The maximum atomic E-state index is 12.1. The zero-order valence-corrected chi connectivity index (χ0v) is 12.9. The Hall–Kier alpha value is -1.30. The summed E-state index contributed by atoms with van der Waals surface area (Å²) < 4.78 is 5.50. The monoisotopic (exact) mass is 313 g/mol. The summed E-state index contributed by atoms with van der Waals surface area (Å²) in [7, 11) is 0. The number of halogens is 1. The molecule has 1 amide bonds. The van der Waals surface area contributed by atoms with Gasteiger partial charge in [-0.3, -0.25) is 4.79 Å². The molecular formula is C15H20ClNO4. The van der Waals surface area contributed by atoms with Crippen LogP contribution in [-0.4, -0.2) is 52.4 Å². The largest absolute Gasteiger partial charge is 0.483 e. The molecule has 0 spiro atoms. The van der Waals surface area contributed by atoms with Crippen molar-refractivity contribution in [3.05, 3.63) is 28.8 Å². The highest BCUT2D eigenvalue weighted by atomic mass is 35.5. The number of rotatable bonds is 3. The molecule has 1 heterocycles. The number of nitrogens with zero attached hydrogens (tertiary/aromatic N) is 1. The molecule has 116 valence electrons. The molecule has 1 fully saturated rings. The fourth-order valence-corrected chi connectivity index (χ4v) is 2.48. The lowest BCUT2D eigenvalue weighted by molar-refractivity contribution is -0.148. The van der Waals surface area contributed by atoms with Gasteiger partial charge in [0.2, 0.25) is 0 Å². The number of aryl methyl sites for hydroxylation is 1. The zero-order valence-electron chi connectivity index (χ0n) is 12.2. The second-order valence-corrected chi connectivity index (χ2v) is 6.10. The number of carbonyl (C=O) groups excluding carboxylic acids is 1. The molecule has 2 atom stereocenters. The van der Waals surface area contributed by atoms with Gasteiger partial charge < -0.3 is 19.8 Å². The average Bonchev–Trinajstić information content (AvgIpc) is 2.40. The highest BCUT2D eigenvalue weighted by Crippen LogP contribution is 2.23. The summed E-state index contributed by atoms with van der Waals surface area (Å²) in [5, 5.41) is 20.3. The van der Waals surface area contributed by atoms with E-state index in [0.717, 1.165) is 5.56 Å². The Balaban J connectivity index is 1.90. The van der Waals surface area contributed by atoms with E-state index in [2.05, 4.69) is 0 Å². The van der Waals surface area contributed by atoms with Gasteiger partial charge in [0.05, 0.1) is 11.7 Å². The molecule has 1 saturated heterocycles. The number of piperidine rings is 1. The molecule has 6 heteroatoms. The molecule has 0 saturated carbocycles. The van der Waals surface area contributed by atoms with Crippen LogP contribution in [0, 0.1) is 6.92 Å². The molecule has 21 heavy (non-hydrogen) atoms. The van der Waals surface area contributed by atoms with Crippen molar-refractivity contribution in [2.45, 2.75) is 32.0 Å². The summed E-state index contributed by atoms with van der Waals surface area (Å²) in [4.78, 5) is 13.6. The van der Waals surface area contributed by atoms with Gasteiger partial charge in [0.25, 0.3) is 5.91 Å². The lowest BCUT2D eigenvalue weighted by Crippen LogP contribution is -2.56. The van der Waals surface area contributed by atoms with E-state index in [0.29, 0.717) is 23.7 Å². The van der Waals surface area contributed by atoms with Crippen molar-refractivity contribution in [1.29, 1.82) is 0 Å². The van der Waals surface area contributed by atoms with Crippen LogP contribution in [0.1, 0.15) is 18.9 Å². The molecule has 1 aliphatic heterocycles. The van der Waals surface area contributed by atoms with Gasteiger partial charge in [-0.1, -0.05) is 11.6 Å². The highest BCUT2D eigenvalue weighted by Gasteiger charge is 2.37. The minimum Gasteiger partial charge on any atom is -0.483 e.